The molecule has 2 aromatic carbocycles. The maximum Gasteiger partial charge on any atom is 0.293 e. The highest BCUT2D eigenvalue weighted by molar-refractivity contribution is 8.18. The summed E-state index contributed by atoms with van der Waals surface area (Å²) >= 11 is 2.57. The third-order valence-corrected chi connectivity index (χ3v) is 6.80. The molecule has 0 atom stereocenters. The number of aromatic nitrogens is 1. The fourth-order valence-corrected chi connectivity index (χ4v) is 4.67. The second kappa shape index (κ2) is 10.6. The van der Waals surface area contributed by atoms with Gasteiger partial charge in [-0.3, -0.25) is 19.3 Å². The highest BCUT2D eigenvalue weighted by Crippen LogP contribution is 2.32. The summed E-state index contributed by atoms with van der Waals surface area (Å²) in [5.41, 5.74) is 2.79. The van der Waals surface area contributed by atoms with E-state index in [1.807, 2.05) is 83.9 Å². The lowest BCUT2D eigenvalue weighted by Gasteiger charge is -2.13. The Morgan fingerprint density at radius 3 is 2.39 bits per heavy atom. The molecule has 0 bridgehead atoms. The Morgan fingerprint density at radius 2 is 1.73 bits per heavy atom. The molecule has 3 aromatic rings. The molecule has 1 aliphatic rings. The lowest BCUT2D eigenvalue weighted by atomic mass is 10.1. The molecule has 1 aromatic heterocycles. The van der Waals surface area contributed by atoms with Gasteiger partial charge in [0, 0.05) is 36.1 Å². The molecule has 8 heteroatoms. The molecule has 4 rings (SSSR count). The molecule has 0 spiro atoms. The molecular weight excluding hydrogens is 454 g/mol. The molecule has 1 fully saturated rings. The van der Waals surface area contributed by atoms with Crippen molar-refractivity contribution in [1.29, 1.82) is 0 Å². The smallest absolute Gasteiger partial charge is 0.293 e. The highest BCUT2D eigenvalue weighted by Gasteiger charge is 2.34. The molecular formula is C25H23N3O3S2. The summed E-state index contributed by atoms with van der Waals surface area (Å²) in [6, 6.07) is 19.5. The van der Waals surface area contributed by atoms with Gasteiger partial charge in [-0.05, 0) is 71.6 Å². The molecule has 2 heterocycles. The Hall–Kier alpha value is -3.23. The van der Waals surface area contributed by atoms with Crippen molar-refractivity contribution in [1.82, 2.24) is 14.8 Å². The van der Waals surface area contributed by atoms with Crippen LogP contribution in [0, 0.1) is 0 Å². The van der Waals surface area contributed by atoms with E-state index in [1.54, 1.807) is 17.8 Å². The molecule has 1 aliphatic heterocycles. The molecule has 168 valence electrons. The van der Waals surface area contributed by atoms with Gasteiger partial charge in [-0.25, -0.2) is 0 Å². The summed E-state index contributed by atoms with van der Waals surface area (Å²) in [7, 11) is 0. The van der Waals surface area contributed by atoms with Gasteiger partial charge in [0.15, 0.2) is 0 Å². The van der Waals surface area contributed by atoms with Crippen LogP contribution < -0.4 is 5.32 Å². The number of rotatable bonds is 8. The number of carbonyl (C=O) groups is 3. The number of carbonyl (C=O) groups excluding carboxylic acids is 3. The van der Waals surface area contributed by atoms with Crippen LogP contribution in [0.15, 0.2) is 82.9 Å². The van der Waals surface area contributed by atoms with Gasteiger partial charge in [-0.1, -0.05) is 24.3 Å². The number of imide groups is 1. The zero-order valence-electron chi connectivity index (χ0n) is 18.1. The lowest BCUT2D eigenvalue weighted by molar-refractivity contribution is -0.124. The van der Waals surface area contributed by atoms with E-state index in [0.717, 1.165) is 33.5 Å². The second-order valence-corrected chi connectivity index (χ2v) is 9.26. The van der Waals surface area contributed by atoms with Crippen molar-refractivity contribution >= 4 is 46.7 Å². The maximum atomic E-state index is 12.6. The zero-order valence-corrected chi connectivity index (χ0v) is 19.7. The minimum absolute atomic E-state index is 0.145. The van der Waals surface area contributed by atoms with Gasteiger partial charge in [0.25, 0.3) is 11.1 Å². The van der Waals surface area contributed by atoms with Crippen LogP contribution in [0.2, 0.25) is 0 Å². The highest BCUT2D eigenvalue weighted by atomic mass is 32.2. The number of nitrogens with zero attached hydrogens (tertiary/aromatic N) is 2. The number of nitrogens with one attached hydrogen (secondary N) is 1. The predicted octanol–water partition coefficient (Wildman–Crippen LogP) is 4.59. The Morgan fingerprint density at radius 1 is 1.03 bits per heavy atom. The first kappa shape index (κ1) is 22.9. The minimum Gasteiger partial charge on any atom is -0.354 e. The quantitative estimate of drug-likeness (QED) is 0.379. The van der Waals surface area contributed by atoms with E-state index in [0.29, 0.717) is 4.91 Å². The zero-order chi connectivity index (χ0) is 23.2. The third-order valence-electron chi connectivity index (χ3n) is 5.15. The summed E-state index contributed by atoms with van der Waals surface area (Å²) in [5.74, 6) is -0.478. The van der Waals surface area contributed by atoms with Gasteiger partial charge in [0.05, 0.1) is 11.3 Å². The largest absolute Gasteiger partial charge is 0.354 e. The van der Waals surface area contributed by atoms with Gasteiger partial charge < -0.3 is 9.88 Å². The van der Waals surface area contributed by atoms with Crippen LogP contribution in [0.4, 0.5) is 4.79 Å². The molecule has 33 heavy (non-hydrogen) atoms. The van der Waals surface area contributed by atoms with Crippen molar-refractivity contribution in [2.45, 2.75) is 11.3 Å². The van der Waals surface area contributed by atoms with E-state index >= 15 is 0 Å². The normalized spacial score (nSPS) is 14.8. The van der Waals surface area contributed by atoms with Crippen molar-refractivity contribution in [3.8, 4) is 5.69 Å². The number of thioether (sulfide) groups is 2. The van der Waals surface area contributed by atoms with Crippen molar-refractivity contribution in [2.75, 3.05) is 19.3 Å². The summed E-state index contributed by atoms with van der Waals surface area (Å²) in [5, 5.41) is 2.48. The molecule has 6 nitrogen and oxygen atoms in total. The number of amides is 3. The predicted molar refractivity (Wildman–Crippen MR) is 133 cm³/mol. The molecule has 1 N–H and O–H groups in total. The topological polar surface area (TPSA) is 71.4 Å². The Kier molecular flexibility index (Phi) is 7.36. The van der Waals surface area contributed by atoms with E-state index in [9.17, 15) is 14.4 Å². The van der Waals surface area contributed by atoms with Crippen LogP contribution in [0.1, 0.15) is 11.1 Å². The van der Waals surface area contributed by atoms with Crippen molar-refractivity contribution in [3.05, 3.63) is 89.1 Å². The van der Waals surface area contributed by atoms with Gasteiger partial charge in [0.1, 0.15) is 0 Å². The van der Waals surface area contributed by atoms with E-state index in [-0.39, 0.29) is 36.6 Å². The van der Waals surface area contributed by atoms with Crippen molar-refractivity contribution in [2.24, 2.45) is 0 Å². The molecule has 0 unspecified atom stereocenters. The molecule has 0 saturated carbocycles. The van der Waals surface area contributed by atoms with Gasteiger partial charge in [0.2, 0.25) is 5.91 Å². The first-order valence-corrected chi connectivity index (χ1v) is 12.5. The molecule has 0 aliphatic carbocycles. The molecule has 3 amide bonds. The second-order valence-electron chi connectivity index (χ2n) is 7.39. The summed E-state index contributed by atoms with van der Waals surface area (Å²) < 4.78 is 1.99. The van der Waals surface area contributed by atoms with Crippen molar-refractivity contribution < 1.29 is 14.4 Å². The average Bonchev–Trinajstić information content (AvgIpc) is 3.45. The van der Waals surface area contributed by atoms with E-state index in [2.05, 4.69) is 5.32 Å². The summed E-state index contributed by atoms with van der Waals surface area (Å²) in [6.07, 6.45) is 7.89. The number of benzene rings is 2. The number of hydrogen-bond acceptors (Lipinski definition) is 5. The fourth-order valence-electron chi connectivity index (χ4n) is 3.39. The Bertz CT molecular complexity index is 1170. The Balaban J connectivity index is 1.27. The van der Waals surface area contributed by atoms with E-state index in [4.69, 9.17) is 0 Å². The average molecular weight is 478 g/mol. The van der Waals surface area contributed by atoms with E-state index < -0.39 is 0 Å². The van der Waals surface area contributed by atoms with Crippen LogP contribution in [-0.2, 0) is 16.0 Å². The van der Waals surface area contributed by atoms with Gasteiger partial charge in [-0.15, -0.1) is 11.8 Å². The van der Waals surface area contributed by atoms with Gasteiger partial charge >= 0.3 is 0 Å². The third kappa shape index (κ3) is 5.77. The van der Waals surface area contributed by atoms with Crippen LogP contribution in [0.25, 0.3) is 11.8 Å². The van der Waals surface area contributed by atoms with E-state index in [1.165, 1.54) is 4.90 Å². The molecule has 0 radical (unpaired) electrons. The van der Waals surface area contributed by atoms with Crippen LogP contribution in [0.3, 0.4) is 0 Å². The maximum absolute atomic E-state index is 12.6. The number of hydrogen-bond donors (Lipinski definition) is 1. The fraction of sp³-hybridized carbons (Fsp3) is 0.160. The van der Waals surface area contributed by atoms with Crippen LogP contribution >= 0.6 is 23.5 Å². The lowest BCUT2D eigenvalue weighted by Crippen LogP contribution is -2.37. The monoisotopic (exact) mass is 477 g/mol. The van der Waals surface area contributed by atoms with Crippen LogP contribution in [-0.4, -0.2) is 45.9 Å². The standard InChI is InChI=1S/C25H23N3O3S2/c1-32-21-10-6-18(7-11-21)16-22-24(30)28(25(31)33-22)15-12-26-23(29)17-19-4-8-20(9-5-19)27-13-2-3-14-27/h2-11,13-14,16H,12,15,17H2,1H3,(H,26,29)/b22-16-. The van der Waals surface area contributed by atoms with Gasteiger partial charge in [-0.2, -0.15) is 0 Å². The summed E-state index contributed by atoms with van der Waals surface area (Å²) in [6.45, 7) is 0.361. The first-order chi connectivity index (χ1) is 16.0. The minimum atomic E-state index is -0.325. The van der Waals surface area contributed by atoms with Crippen molar-refractivity contribution in [3.63, 3.8) is 0 Å². The molecule has 1 saturated heterocycles. The Labute approximate surface area is 201 Å². The summed E-state index contributed by atoms with van der Waals surface area (Å²) in [4.78, 5) is 39.9. The SMILES string of the molecule is CSc1ccc(/C=C2\SC(=O)N(CCNC(=O)Cc3ccc(-n4cccc4)cc3)C2=O)cc1. The first-order valence-electron chi connectivity index (χ1n) is 10.4. The van der Waals surface area contributed by atoms with Crippen LogP contribution in [0.5, 0.6) is 0 Å².